The summed E-state index contributed by atoms with van der Waals surface area (Å²) in [5.41, 5.74) is 9.69. The van der Waals surface area contributed by atoms with Crippen LogP contribution in [0.5, 0.6) is 0 Å². The van der Waals surface area contributed by atoms with E-state index in [1.54, 1.807) is 11.3 Å². The minimum atomic E-state index is -0.00479. The molecule has 0 aliphatic carbocycles. The van der Waals surface area contributed by atoms with E-state index in [0.29, 0.717) is 0 Å². The highest BCUT2D eigenvalue weighted by molar-refractivity contribution is 9.10. The smallest absolute Gasteiger partial charge is 0.0947 e. The van der Waals surface area contributed by atoms with Gasteiger partial charge in [0, 0.05) is 28.0 Å². The highest BCUT2D eigenvalue weighted by Gasteiger charge is 2.12. The van der Waals surface area contributed by atoms with Gasteiger partial charge in [-0.05, 0) is 25.5 Å². The Balaban J connectivity index is 2.19. The van der Waals surface area contributed by atoms with Crippen LogP contribution in [0.15, 0.2) is 28.1 Å². The van der Waals surface area contributed by atoms with Crippen molar-refractivity contribution < 1.29 is 0 Å². The van der Waals surface area contributed by atoms with E-state index in [2.05, 4.69) is 51.4 Å². The van der Waals surface area contributed by atoms with Gasteiger partial charge in [0.05, 0.1) is 5.01 Å². The van der Waals surface area contributed by atoms with Crippen molar-refractivity contribution in [3.05, 3.63) is 49.9 Å². The molecule has 1 aromatic heterocycles. The third-order valence-corrected chi connectivity index (χ3v) is 4.32. The summed E-state index contributed by atoms with van der Waals surface area (Å²) in [6.45, 7) is 4.09. The fourth-order valence-corrected chi connectivity index (χ4v) is 3.11. The van der Waals surface area contributed by atoms with E-state index in [1.807, 2.05) is 6.92 Å². The van der Waals surface area contributed by atoms with Gasteiger partial charge in [0.25, 0.3) is 0 Å². The number of thiazole rings is 1. The van der Waals surface area contributed by atoms with Crippen molar-refractivity contribution in [3.63, 3.8) is 0 Å². The summed E-state index contributed by atoms with van der Waals surface area (Å²) in [6, 6.07) is 6.26. The first kappa shape index (κ1) is 12.7. The van der Waals surface area contributed by atoms with E-state index in [9.17, 15) is 0 Å². The molecule has 0 radical (unpaired) electrons. The number of nitrogens with zero attached hydrogens (tertiary/aromatic N) is 1. The molecule has 0 saturated carbocycles. The summed E-state index contributed by atoms with van der Waals surface area (Å²) in [5, 5.41) is 3.16. The van der Waals surface area contributed by atoms with Crippen LogP contribution in [0.1, 0.15) is 27.9 Å². The van der Waals surface area contributed by atoms with Crippen molar-refractivity contribution in [2.45, 2.75) is 26.3 Å². The van der Waals surface area contributed by atoms with Crippen LogP contribution in [0, 0.1) is 13.8 Å². The molecule has 0 fully saturated rings. The van der Waals surface area contributed by atoms with Crippen LogP contribution < -0.4 is 5.73 Å². The number of nitrogens with two attached hydrogens (primary N) is 1. The Hall–Kier alpha value is -0.710. The largest absolute Gasteiger partial charge is 0.324 e. The molecule has 2 N–H and O–H groups in total. The summed E-state index contributed by atoms with van der Waals surface area (Å²) in [5.74, 6) is 0. The highest BCUT2D eigenvalue weighted by atomic mass is 79.9. The maximum atomic E-state index is 6.24. The third-order valence-electron chi connectivity index (χ3n) is 2.61. The van der Waals surface area contributed by atoms with E-state index < -0.39 is 0 Å². The van der Waals surface area contributed by atoms with Gasteiger partial charge in [0.1, 0.15) is 0 Å². The molecule has 1 atom stereocenters. The molecule has 90 valence electrons. The minimum absolute atomic E-state index is 0.00479. The van der Waals surface area contributed by atoms with Gasteiger partial charge < -0.3 is 5.73 Å². The summed E-state index contributed by atoms with van der Waals surface area (Å²) < 4.78 is 1.07. The van der Waals surface area contributed by atoms with Gasteiger partial charge >= 0.3 is 0 Å². The van der Waals surface area contributed by atoms with Crippen molar-refractivity contribution >= 4 is 27.3 Å². The van der Waals surface area contributed by atoms with Crippen molar-refractivity contribution in [2.24, 2.45) is 5.73 Å². The zero-order chi connectivity index (χ0) is 12.4. The first-order chi connectivity index (χ1) is 8.06. The Kier molecular flexibility index (Phi) is 3.97. The molecule has 0 aliphatic rings. The quantitative estimate of drug-likeness (QED) is 0.937. The summed E-state index contributed by atoms with van der Waals surface area (Å²) in [4.78, 5) is 4.45. The predicted octanol–water partition coefficient (Wildman–Crippen LogP) is 3.76. The molecular weight excluding hydrogens is 296 g/mol. The molecule has 0 spiro atoms. The third kappa shape index (κ3) is 3.15. The van der Waals surface area contributed by atoms with E-state index in [-0.39, 0.29) is 6.04 Å². The van der Waals surface area contributed by atoms with Crippen molar-refractivity contribution in [2.75, 3.05) is 0 Å². The number of rotatable bonds is 3. The van der Waals surface area contributed by atoms with Crippen LogP contribution in [0.3, 0.4) is 0 Å². The first-order valence-electron chi connectivity index (χ1n) is 5.49. The second-order valence-electron chi connectivity index (χ2n) is 4.22. The number of hydrogen-bond donors (Lipinski definition) is 1. The van der Waals surface area contributed by atoms with Gasteiger partial charge in [-0.25, -0.2) is 4.98 Å². The number of aromatic nitrogens is 1. The van der Waals surface area contributed by atoms with Crippen LogP contribution in [0.4, 0.5) is 0 Å². The van der Waals surface area contributed by atoms with Crippen LogP contribution in [0.25, 0.3) is 0 Å². The minimum Gasteiger partial charge on any atom is -0.324 e. The van der Waals surface area contributed by atoms with Gasteiger partial charge in [-0.1, -0.05) is 33.6 Å². The number of benzene rings is 1. The fourth-order valence-electron chi connectivity index (χ4n) is 1.74. The second-order valence-corrected chi connectivity index (χ2v) is 6.02. The Labute approximate surface area is 114 Å². The first-order valence-corrected chi connectivity index (χ1v) is 7.16. The Morgan fingerprint density at radius 3 is 2.82 bits per heavy atom. The average molecular weight is 311 g/mol. The van der Waals surface area contributed by atoms with Crippen molar-refractivity contribution in [1.29, 1.82) is 0 Å². The SMILES string of the molecule is Cc1ccc(Br)c(C(N)Cc2nc(C)cs2)c1. The standard InChI is InChI=1S/C13H15BrN2S/c1-8-3-4-11(14)10(5-8)12(15)6-13-16-9(2)7-17-13/h3-5,7,12H,6,15H2,1-2H3. The Bertz CT molecular complexity index is 522. The molecule has 0 bridgehead atoms. The van der Waals surface area contributed by atoms with Gasteiger partial charge in [0.15, 0.2) is 0 Å². The molecule has 0 saturated heterocycles. The van der Waals surface area contributed by atoms with E-state index in [4.69, 9.17) is 5.73 Å². The van der Waals surface area contributed by atoms with Gasteiger partial charge in [-0.15, -0.1) is 11.3 Å². The molecule has 17 heavy (non-hydrogen) atoms. The molecule has 0 amide bonds. The lowest BCUT2D eigenvalue weighted by Gasteiger charge is -2.13. The topological polar surface area (TPSA) is 38.9 Å². The van der Waals surface area contributed by atoms with Gasteiger partial charge in [-0.2, -0.15) is 0 Å². The molecule has 2 nitrogen and oxygen atoms in total. The van der Waals surface area contributed by atoms with Crippen LogP contribution in [-0.4, -0.2) is 4.98 Å². The number of aryl methyl sites for hydroxylation is 2. The molecule has 2 aromatic rings. The Morgan fingerprint density at radius 2 is 2.18 bits per heavy atom. The monoisotopic (exact) mass is 310 g/mol. The lowest BCUT2D eigenvalue weighted by atomic mass is 10.0. The predicted molar refractivity (Wildman–Crippen MR) is 76.4 cm³/mol. The molecule has 1 heterocycles. The molecular formula is C13H15BrN2S. The van der Waals surface area contributed by atoms with Crippen molar-refractivity contribution in [1.82, 2.24) is 4.98 Å². The number of halogens is 1. The van der Waals surface area contributed by atoms with E-state index in [0.717, 1.165) is 27.2 Å². The van der Waals surface area contributed by atoms with Crippen LogP contribution >= 0.6 is 27.3 Å². The van der Waals surface area contributed by atoms with Crippen LogP contribution in [-0.2, 0) is 6.42 Å². The molecule has 4 heteroatoms. The lowest BCUT2D eigenvalue weighted by Crippen LogP contribution is -2.14. The van der Waals surface area contributed by atoms with Gasteiger partial charge in [0.2, 0.25) is 0 Å². The zero-order valence-corrected chi connectivity index (χ0v) is 12.3. The normalized spacial score (nSPS) is 12.7. The number of hydrogen-bond acceptors (Lipinski definition) is 3. The van der Waals surface area contributed by atoms with E-state index >= 15 is 0 Å². The second kappa shape index (κ2) is 5.29. The van der Waals surface area contributed by atoms with E-state index in [1.165, 1.54) is 5.56 Å². The molecule has 1 unspecified atom stereocenters. The average Bonchev–Trinajstić information content (AvgIpc) is 2.67. The zero-order valence-electron chi connectivity index (χ0n) is 9.90. The van der Waals surface area contributed by atoms with Gasteiger partial charge in [-0.3, -0.25) is 0 Å². The maximum Gasteiger partial charge on any atom is 0.0947 e. The summed E-state index contributed by atoms with van der Waals surface area (Å²) in [6.07, 6.45) is 0.792. The molecule has 1 aromatic carbocycles. The highest BCUT2D eigenvalue weighted by Crippen LogP contribution is 2.26. The fraction of sp³-hybridized carbons (Fsp3) is 0.308. The van der Waals surface area contributed by atoms with Crippen LogP contribution in [0.2, 0.25) is 0 Å². The lowest BCUT2D eigenvalue weighted by molar-refractivity contribution is 0.712. The summed E-state index contributed by atoms with van der Waals surface area (Å²) >= 11 is 5.23. The van der Waals surface area contributed by atoms with Crippen molar-refractivity contribution in [3.8, 4) is 0 Å². The maximum absolute atomic E-state index is 6.24. The molecule has 0 aliphatic heterocycles. The Morgan fingerprint density at radius 1 is 1.41 bits per heavy atom. The summed E-state index contributed by atoms with van der Waals surface area (Å²) in [7, 11) is 0. The molecule has 2 rings (SSSR count).